The molecule has 2 unspecified atom stereocenters. The molecule has 1 saturated carbocycles. The van der Waals surface area contributed by atoms with E-state index in [0.29, 0.717) is 5.92 Å². The molecule has 2 fully saturated rings. The van der Waals surface area contributed by atoms with Crippen LogP contribution in [0.3, 0.4) is 0 Å². The molecule has 0 aromatic heterocycles. The Morgan fingerprint density at radius 1 is 1.14 bits per heavy atom. The Balaban J connectivity index is 1.70. The molecule has 1 heterocycles. The van der Waals surface area contributed by atoms with Crippen LogP contribution in [0.4, 0.5) is 0 Å². The van der Waals surface area contributed by atoms with Crippen molar-refractivity contribution in [3.63, 3.8) is 0 Å². The van der Waals surface area contributed by atoms with E-state index >= 15 is 0 Å². The van der Waals surface area contributed by atoms with Crippen molar-refractivity contribution < 1.29 is 18.8 Å². The van der Waals surface area contributed by atoms with Crippen molar-refractivity contribution in [1.29, 1.82) is 0 Å². The molecule has 0 radical (unpaired) electrons. The lowest BCUT2D eigenvalue weighted by Gasteiger charge is -2.32. The van der Waals surface area contributed by atoms with Crippen LogP contribution in [0, 0.1) is 5.92 Å². The molecule has 2 atom stereocenters. The van der Waals surface area contributed by atoms with E-state index in [9.17, 15) is 4.79 Å². The molecule has 1 aliphatic heterocycles. The zero-order valence-corrected chi connectivity index (χ0v) is 13.9. The lowest BCUT2D eigenvalue weighted by molar-refractivity contribution is -0.142. The maximum atomic E-state index is 11.5. The number of carbonyl (C=O) groups is 1. The Morgan fingerprint density at radius 2 is 1.68 bits per heavy atom. The van der Waals surface area contributed by atoms with Crippen molar-refractivity contribution in [2.24, 2.45) is 5.92 Å². The minimum Gasteiger partial charge on any atom is -0.469 e. The summed E-state index contributed by atoms with van der Waals surface area (Å²) in [6, 6.07) is 8.19. The number of hydrogen-bond donors (Lipinski definition) is 0. The number of methoxy groups -OCH3 is 1. The highest BCUT2D eigenvalue weighted by atomic mass is 16.7. The minimum absolute atomic E-state index is 0.0210. The van der Waals surface area contributed by atoms with Crippen molar-refractivity contribution in [3.05, 3.63) is 29.8 Å². The first-order valence-electron chi connectivity index (χ1n) is 7.78. The third kappa shape index (κ3) is 2.57. The molecular formula is C17H23BO4. The van der Waals surface area contributed by atoms with Gasteiger partial charge in [-0.3, -0.25) is 4.79 Å². The minimum atomic E-state index is -0.338. The monoisotopic (exact) mass is 302 g/mol. The van der Waals surface area contributed by atoms with E-state index in [0.717, 1.165) is 11.9 Å². The maximum Gasteiger partial charge on any atom is 0.494 e. The highest BCUT2D eigenvalue weighted by Crippen LogP contribution is 2.48. The van der Waals surface area contributed by atoms with Gasteiger partial charge in [-0.2, -0.15) is 0 Å². The molecule has 0 bridgehead atoms. The molecule has 1 aliphatic carbocycles. The number of esters is 1. The zero-order chi connectivity index (χ0) is 16.1. The van der Waals surface area contributed by atoms with E-state index in [1.54, 1.807) is 0 Å². The van der Waals surface area contributed by atoms with E-state index in [2.05, 4.69) is 12.1 Å². The largest absolute Gasteiger partial charge is 0.494 e. The Morgan fingerprint density at radius 3 is 2.18 bits per heavy atom. The highest BCUT2D eigenvalue weighted by molar-refractivity contribution is 6.62. The fourth-order valence-electron chi connectivity index (χ4n) is 2.85. The number of hydrogen-bond acceptors (Lipinski definition) is 4. The van der Waals surface area contributed by atoms with Gasteiger partial charge in [-0.05, 0) is 51.1 Å². The van der Waals surface area contributed by atoms with E-state index in [1.165, 1.54) is 12.7 Å². The van der Waals surface area contributed by atoms with Crippen LogP contribution in [0.1, 0.15) is 45.6 Å². The summed E-state index contributed by atoms with van der Waals surface area (Å²) in [6.07, 6.45) is 0.877. The van der Waals surface area contributed by atoms with Crippen LogP contribution in [-0.2, 0) is 18.8 Å². The molecule has 2 aliphatic rings. The third-order valence-electron chi connectivity index (χ3n) is 5.18. The van der Waals surface area contributed by atoms with Gasteiger partial charge in [-0.1, -0.05) is 24.3 Å². The van der Waals surface area contributed by atoms with Crippen molar-refractivity contribution in [1.82, 2.24) is 0 Å². The van der Waals surface area contributed by atoms with Gasteiger partial charge >= 0.3 is 13.1 Å². The Bertz CT molecular complexity index is 563. The molecular weight excluding hydrogens is 279 g/mol. The molecule has 5 heteroatoms. The van der Waals surface area contributed by atoms with Gasteiger partial charge in [0.1, 0.15) is 0 Å². The Labute approximate surface area is 132 Å². The van der Waals surface area contributed by atoms with Crippen LogP contribution < -0.4 is 5.46 Å². The van der Waals surface area contributed by atoms with Gasteiger partial charge in [0.05, 0.1) is 24.2 Å². The maximum absolute atomic E-state index is 11.5. The van der Waals surface area contributed by atoms with Crippen molar-refractivity contribution >= 4 is 18.6 Å². The highest BCUT2D eigenvalue weighted by Gasteiger charge is 2.52. The summed E-state index contributed by atoms with van der Waals surface area (Å²) in [7, 11) is 1.11. The van der Waals surface area contributed by atoms with Crippen LogP contribution in [0.15, 0.2) is 24.3 Å². The number of rotatable bonds is 3. The van der Waals surface area contributed by atoms with Gasteiger partial charge in [0, 0.05) is 0 Å². The third-order valence-corrected chi connectivity index (χ3v) is 5.18. The zero-order valence-electron chi connectivity index (χ0n) is 13.9. The topological polar surface area (TPSA) is 44.8 Å². The molecule has 1 aromatic carbocycles. The lowest BCUT2D eigenvalue weighted by Crippen LogP contribution is -2.41. The van der Waals surface area contributed by atoms with E-state index in [-0.39, 0.29) is 30.2 Å². The summed E-state index contributed by atoms with van der Waals surface area (Å²) in [5.74, 6) is 0.201. The van der Waals surface area contributed by atoms with Crippen LogP contribution in [-0.4, -0.2) is 31.4 Å². The second-order valence-corrected chi connectivity index (χ2v) is 7.23. The summed E-state index contributed by atoms with van der Waals surface area (Å²) in [6.45, 7) is 8.19. The van der Waals surface area contributed by atoms with E-state index in [1.807, 2.05) is 39.8 Å². The predicted molar refractivity (Wildman–Crippen MR) is 85.0 cm³/mol. The molecule has 4 nitrogen and oxygen atoms in total. The second kappa shape index (κ2) is 5.10. The van der Waals surface area contributed by atoms with Gasteiger partial charge < -0.3 is 14.0 Å². The molecule has 3 rings (SSSR count). The van der Waals surface area contributed by atoms with Crippen LogP contribution in [0.25, 0.3) is 0 Å². The van der Waals surface area contributed by atoms with Gasteiger partial charge in [0.15, 0.2) is 0 Å². The number of carbonyl (C=O) groups excluding carboxylic acids is 1. The average Bonchev–Trinajstić information content (AvgIpc) is 3.21. The van der Waals surface area contributed by atoms with Gasteiger partial charge in [-0.25, -0.2) is 0 Å². The smallest absolute Gasteiger partial charge is 0.469 e. The number of benzene rings is 1. The molecule has 22 heavy (non-hydrogen) atoms. The normalized spacial score (nSPS) is 28.5. The van der Waals surface area contributed by atoms with Crippen molar-refractivity contribution in [3.8, 4) is 0 Å². The van der Waals surface area contributed by atoms with Gasteiger partial charge in [0.25, 0.3) is 0 Å². The molecule has 1 saturated heterocycles. The van der Waals surface area contributed by atoms with Gasteiger partial charge in [-0.15, -0.1) is 0 Å². The van der Waals surface area contributed by atoms with Crippen molar-refractivity contribution in [2.75, 3.05) is 7.11 Å². The first-order chi connectivity index (χ1) is 10.2. The first-order valence-corrected chi connectivity index (χ1v) is 7.78. The summed E-state index contributed by atoms with van der Waals surface area (Å²) < 4.78 is 16.9. The van der Waals surface area contributed by atoms with Crippen LogP contribution in [0.5, 0.6) is 0 Å². The summed E-state index contributed by atoms with van der Waals surface area (Å²) in [5, 5.41) is 0. The predicted octanol–water partition coefficient (Wildman–Crippen LogP) is 2.26. The SMILES string of the molecule is COC(=O)C1CC1c1ccc(B2OC(C)(C)C(C)(C)O2)cc1. The average molecular weight is 302 g/mol. The Hall–Kier alpha value is -1.33. The standard InChI is InChI=1S/C17H23BO4/c1-16(2)17(3,4)22-18(21-16)12-8-6-11(7-9-12)13-10-14(13)15(19)20-5/h6-9,13-14H,10H2,1-5H3. The van der Waals surface area contributed by atoms with Crippen LogP contribution in [0.2, 0.25) is 0 Å². The fraction of sp³-hybridized carbons (Fsp3) is 0.588. The second-order valence-electron chi connectivity index (χ2n) is 7.23. The quantitative estimate of drug-likeness (QED) is 0.634. The lowest BCUT2D eigenvalue weighted by atomic mass is 9.78. The van der Waals surface area contributed by atoms with Gasteiger partial charge in [0.2, 0.25) is 0 Å². The molecule has 118 valence electrons. The summed E-state index contributed by atoms with van der Waals surface area (Å²) in [4.78, 5) is 11.5. The van der Waals surface area contributed by atoms with E-state index < -0.39 is 0 Å². The number of ether oxygens (including phenoxy) is 1. The Kier molecular flexibility index (Phi) is 3.61. The van der Waals surface area contributed by atoms with E-state index in [4.69, 9.17) is 14.0 Å². The van der Waals surface area contributed by atoms with Crippen LogP contribution >= 0.6 is 0 Å². The molecule has 0 amide bonds. The molecule has 0 spiro atoms. The molecule has 0 N–H and O–H groups in total. The molecule has 1 aromatic rings. The summed E-state index contributed by atoms with van der Waals surface area (Å²) >= 11 is 0. The fourth-order valence-corrected chi connectivity index (χ4v) is 2.85. The summed E-state index contributed by atoms with van der Waals surface area (Å²) in [5.41, 5.74) is 1.53. The first kappa shape index (κ1) is 15.6. The van der Waals surface area contributed by atoms with Crippen molar-refractivity contribution in [2.45, 2.75) is 51.2 Å².